The number of hydrogen-bond acceptors (Lipinski definition) is 3. The summed E-state index contributed by atoms with van der Waals surface area (Å²) in [4.78, 5) is 35.9. The fourth-order valence-electron chi connectivity index (χ4n) is 3.29. The lowest BCUT2D eigenvalue weighted by Gasteiger charge is -2.20. The van der Waals surface area contributed by atoms with Gasteiger partial charge in [0.15, 0.2) is 0 Å². The number of likely N-dealkylation sites (tertiary alicyclic amines) is 1. The van der Waals surface area contributed by atoms with E-state index in [1.54, 1.807) is 0 Å². The van der Waals surface area contributed by atoms with Crippen molar-refractivity contribution < 1.29 is 33.4 Å². The highest BCUT2D eigenvalue weighted by Crippen LogP contribution is 2.68. The number of carbonyl (C=O) groups is 3. The van der Waals surface area contributed by atoms with Gasteiger partial charge in [0.05, 0.1) is 0 Å². The van der Waals surface area contributed by atoms with E-state index in [9.17, 15) is 33.4 Å². The van der Waals surface area contributed by atoms with Gasteiger partial charge in [-0.3, -0.25) is 14.4 Å². The molecule has 0 aromatic heterocycles. The van der Waals surface area contributed by atoms with Crippen molar-refractivity contribution in [1.29, 1.82) is 0 Å². The first kappa shape index (κ1) is 14.4. The molecule has 1 saturated carbocycles. The number of carbonyl (C=O) groups excluding carboxylic acids is 1. The summed E-state index contributed by atoms with van der Waals surface area (Å²) in [7, 11) is 0. The summed E-state index contributed by atoms with van der Waals surface area (Å²) in [5, 5.41) is 18.5. The predicted molar refractivity (Wildman–Crippen MR) is 67.0 cm³/mol. The Hall–Kier alpha value is -2.51. The first-order valence-corrected chi connectivity index (χ1v) is 6.45. The number of piperidine rings is 1. The number of carboxylic acids is 2. The molecule has 1 saturated heterocycles. The molecule has 22 heavy (non-hydrogen) atoms. The normalized spacial score (nSPS) is 29.1. The van der Waals surface area contributed by atoms with Crippen molar-refractivity contribution in [3.63, 3.8) is 0 Å². The third-order valence-electron chi connectivity index (χ3n) is 4.60. The first-order chi connectivity index (χ1) is 10.2. The lowest BCUT2D eigenvalue weighted by Crippen LogP contribution is -2.35. The molecule has 2 aliphatic rings. The number of fused-ring (bicyclic) bond motifs is 1. The summed E-state index contributed by atoms with van der Waals surface area (Å²) in [5.41, 5.74) is -3.95. The number of rotatable bonds is 3. The van der Waals surface area contributed by atoms with Crippen LogP contribution in [0.2, 0.25) is 0 Å². The summed E-state index contributed by atoms with van der Waals surface area (Å²) >= 11 is 0. The highest BCUT2D eigenvalue weighted by Gasteiger charge is 2.81. The van der Waals surface area contributed by atoms with Gasteiger partial charge in [-0.15, -0.1) is 0 Å². The Kier molecular flexibility index (Phi) is 2.79. The number of benzene rings is 1. The summed E-state index contributed by atoms with van der Waals surface area (Å²) in [5.74, 6) is -5.82. The molecule has 116 valence electrons. The van der Waals surface area contributed by atoms with Crippen molar-refractivity contribution >= 4 is 17.8 Å². The minimum Gasteiger partial charge on any atom is -0.481 e. The van der Waals surface area contributed by atoms with Crippen LogP contribution >= 0.6 is 0 Å². The zero-order valence-corrected chi connectivity index (χ0v) is 11.2. The average molecular weight is 311 g/mol. The highest BCUT2D eigenvalue weighted by molar-refractivity contribution is 6.00. The number of nitrogens with zero attached hydrogens (tertiary/aromatic N) is 1. The van der Waals surface area contributed by atoms with Crippen LogP contribution in [-0.4, -0.2) is 46.0 Å². The molecule has 1 aromatic carbocycles. The lowest BCUT2D eigenvalue weighted by atomic mass is 9.97. The molecule has 2 atom stereocenters. The highest BCUT2D eigenvalue weighted by atomic mass is 19.1. The third-order valence-corrected chi connectivity index (χ3v) is 4.60. The monoisotopic (exact) mass is 311 g/mol. The van der Waals surface area contributed by atoms with Crippen molar-refractivity contribution in [3.05, 3.63) is 35.4 Å². The fraction of sp³-hybridized carbons (Fsp3) is 0.357. The Morgan fingerprint density at radius 2 is 1.45 bits per heavy atom. The van der Waals surface area contributed by atoms with Crippen molar-refractivity contribution in [2.24, 2.45) is 10.8 Å². The molecular formula is C14H11F2NO5. The second-order valence-corrected chi connectivity index (χ2v) is 5.71. The molecular weight excluding hydrogens is 300 g/mol. The number of halogens is 2. The van der Waals surface area contributed by atoms with E-state index in [0.717, 1.165) is 23.1 Å². The molecule has 1 aliphatic heterocycles. The van der Waals surface area contributed by atoms with E-state index in [-0.39, 0.29) is 19.5 Å². The van der Waals surface area contributed by atoms with Crippen LogP contribution in [0.5, 0.6) is 0 Å². The Labute approximate surface area is 123 Å². The maximum atomic E-state index is 13.7. The number of carboxylic acid groups (broad SMARTS) is 2. The van der Waals surface area contributed by atoms with Crippen LogP contribution in [0, 0.1) is 22.5 Å². The molecule has 0 spiro atoms. The summed E-state index contributed by atoms with van der Waals surface area (Å²) in [6.07, 6.45) is -0.0891. The molecule has 0 bridgehead atoms. The van der Waals surface area contributed by atoms with Crippen LogP contribution in [0.1, 0.15) is 16.8 Å². The van der Waals surface area contributed by atoms with Gasteiger partial charge in [-0.05, 0) is 18.6 Å². The Balaban J connectivity index is 1.95. The van der Waals surface area contributed by atoms with E-state index in [0.29, 0.717) is 0 Å². The maximum Gasteiger partial charge on any atom is 0.312 e. The van der Waals surface area contributed by atoms with Crippen LogP contribution in [0.4, 0.5) is 8.78 Å². The van der Waals surface area contributed by atoms with Gasteiger partial charge >= 0.3 is 11.9 Å². The van der Waals surface area contributed by atoms with Crippen molar-refractivity contribution in [2.45, 2.75) is 6.42 Å². The molecule has 3 rings (SSSR count). The van der Waals surface area contributed by atoms with Crippen LogP contribution in [0.3, 0.4) is 0 Å². The zero-order valence-electron chi connectivity index (χ0n) is 11.2. The summed E-state index contributed by atoms with van der Waals surface area (Å²) in [6.45, 7) is -0.748. The third kappa shape index (κ3) is 1.60. The Morgan fingerprint density at radius 3 is 1.86 bits per heavy atom. The summed E-state index contributed by atoms with van der Waals surface area (Å²) < 4.78 is 27.3. The molecule has 0 radical (unpaired) electrons. The second-order valence-electron chi connectivity index (χ2n) is 5.71. The van der Waals surface area contributed by atoms with Gasteiger partial charge in [0.25, 0.3) is 5.91 Å². The first-order valence-electron chi connectivity index (χ1n) is 6.45. The van der Waals surface area contributed by atoms with Gasteiger partial charge in [-0.1, -0.05) is 6.07 Å². The lowest BCUT2D eigenvalue weighted by molar-refractivity contribution is -0.151. The van der Waals surface area contributed by atoms with Crippen molar-refractivity contribution in [2.75, 3.05) is 13.1 Å². The van der Waals surface area contributed by atoms with E-state index in [1.165, 1.54) is 0 Å². The molecule has 1 heterocycles. The minimum absolute atomic E-state index is 0.0891. The number of amides is 1. The summed E-state index contributed by atoms with van der Waals surface area (Å²) in [6, 6.07) is 2.92. The smallest absolute Gasteiger partial charge is 0.312 e. The van der Waals surface area contributed by atoms with Crippen LogP contribution in [0.25, 0.3) is 0 Å². The van der Waals surface area contributed by atoms with E-state index < -0.39 is 45.9 Å². The van der Waals surface area contributed by atoms with Crippen LogP contribution in [0.15, 0.2) is 18.2 Å². The van der Waals surface area contributed by atoms with Gasteiger partial charge in [0, 0.05) is 13.1 Å². The number of aliphatic carboxylic acids is 2. The predicted octanol–water partition coefficient (Wildman–Crippen LogP) is 0.966. The van der Waals surface area contributed by atoms with Gasteiger partial charge < -0.3 is 15.1 Å². The van der Waals surface area contributed by atoms with E-state index in [1.807, 2.05) is 0 Å². The molecule has 8 heteroatoms. The van der Waals surface area contributed by atoms with Gasteiger partial charge in [-0.25, -0.2) is 8.78 Å². The SMILES string of the molecule is O=C(c1c(F)cccc1F)N1C[C@@]2(C(=O)O)C[C@@]2(C(=O)O)C1. The maximum absolute atomic E-state index is 13.7. The molecule has 2 fully saturated rings. The topological polar surface area (TPSA) is 94.9 Å². The molecule has 6 nitrogen and oxygen atoms in total. The zero-order chi connectivity index (χ0) is 16.3. The van der Waals surface area contributed by atoms with E-state index in [2.05, 4.69) is 0 Å². The Bertz CT molecular complexity index is 673. The Morgan fingerprint density at radius 1 is 1.00 bits per heavy atom. The van der Waals surface area contributed by atoms with E-state index in [4.69, 9.17) is 0 Å². The van der Waals surface area contributed by atoms with Gasteiger partial charge in [0.1, 0.15) is 28.0 Å². The van der Waals surface area contributed by atoms with Crippen molar-refractivity contribution in [1.82, 2.24) is 4.90 Å². The standard InChI is InChI=1S/C14H11F2NO5/c15-7-2-1-3-8(16)9(7)10(18)17-5-13(11(19)20)4-14(13,6-17)12(21)22/h1-3H,4-6H2,(H,19,20)(H,21,22)/t13-,14+. The fourth-order valence-corrected chi connectivity index (χ4v) is 3.29. The molecule has 1 aliphatic carbocycles. The molecule has 1 amide bonds. The van der Waals surface area contributed by atoms with Gasteiger partial charge in [-0.2, -0.15) is 0 Å². The van der Waals surface area contributed by atoms with Gasteiger partial charge in [0.2, 0.25) is 0 Å². The van der Waals surface area contributed by atoms with Crippen molar-refractivity contribution in [3.8, 4) is 0 Å². The minimum atomic E-state index is -1.57. The quantitative estimate of drug-likeness (QED) is 0.867. The molecule has 1 aromatic rings. The number of hydrogen-bond donors (Lipinski definition) is 2. The van der Waals surface area contributed by atoms with Crippen LogP contribution < -0.4 is 0 Å². The second kappa shape index (κ2) is 4.25. The molecule has 0 unspecified atom stereocenters. The van der Waals surface area contributed by atoms with E-state index >= 15 is 0 Å². The average Bonchev–Trinajstić information content (AvgIpc) is 2.97. The molecule has 2 N–H and O–H groups in total. The van der Waals surface area contributed by atoms with Crippen LogP contribution in [-0.2, 0) is 9.59 Å². The largest absolute Gasteiger partial charge is 0.481 e.